The minimum Gasteiger partial charge on any atom is -0.309 e. The van der Waals surface area contributed by atoms with Crippen molar-refractivity contribution in [2.75, 3.05) is 20.6 Å². The molecule has 0 saturated carbocycles. The monoisotopic (exact) mass is 256 g/mol. The maximum absolute atomic E-state index is 13.9. The number of benzene rings is 1. The van der Waals surface area contributed by atoms with Crippen molar-refractivity contribution >= 4 is 0 Å². The topological polar surface area (TPSA) is 15.3 Å². The molecule has 0 spiro atoms. The summed E-state index contributed by atoms with van der Waals surface area (Å²) in [6.07, 6.45) is 0. The number of halogens is 2. The van der Waals surface area contributed by atoms with E-state index < -0.39 is 11.6 Å². The predicted octanol–water partition coefficient (Wildman–Crippen LogP) is 2.96. The van der Waals surface area contributed by atoms with Crippen molar-refractivity contribution in [1.82, 2.24) is 10.2 Å². The summed E-state index contributed by atoms with van der Waals surface area (Å²) in [6, 6.07) is 4.05. The fourth-order valence-corrected chi connectivity index (χ4v) is 1.95. The first-order valence-electron chi connectivity index (χ1n) is 6.17. The van der Waals surface area contributed by atoms with Crippen LogP contribution in [0.15, 0.2) is 18.2 Å². The molecule has 0 fully saturated rings. The van der Waals surface area contributed by atoms with E-state index in [1.807, 2.05) is 39.8 Å². The summed E-state index contributed by atoms with van der Waals surface area (Å²) in [5.74, 6) is -1.57. The summed E-state index contributed by atoms with van der Waals surface area (Å²) in [6.45, 7) is 6.66. The normalized spacial score (nSPS) is 14.0. The zero-order valence-electron chi connectivity index (χ0n) is 11.7. The number of hydrogen-bond donors (Lipinski definition) is 1. The van der Waals surface area contributed by atoms with Crippen LogP contribution in [0.25, 0.3) is 0 Å². The van der Waals surface area contributed by atoms with Gasteiger partial charge in [0.2, 0.25) is 0 Å². The molecule has 1 unspecified atom stereocenters. The van der Waals surface area contributed by atoms with Gasteiger partial charge in [0.15, 0.2) is 11.6 Å². The zero-order valence-corrected chi connectivity index (χ0v) is 11.7. The highest BCUT2D eigenvalue weighted by Gasteiger charge is 2.34. The van der Waals surface area contributed by atoms with Crippen molar-refractivity contribution < 1.29 is 8.78 Å². The average molecular weight is 256 g/mol. The Bertz CT molecular complexity index is 403. The SMILES string of the molecule is CCNC(c1cccc(F)c1F)C(C)(C)N(C)C. The van der Waals surface area contributed by atoms with Crippen LogP contribution in [0.3, 0.4) is 0 Å². The molecule has 0 aliphatic heterocycles. The first-order chi connectivity index (χ1) is 8.32. The summed E-state index contributed by atoms with van der Waals surface area (Å²) < 4.78 is 27.3. The molecule has 1 N–H and O–H groups in total. The average Bonchev–Trinajstić information content (AvgIpc) is 2.30. The predicted molar refractivity (Wildman–Crippen MR) is 70.5 cm³/mol. The van der Waals surface area contributed by atoms with E-state index in [0.29, 0.717) is 12.1 Å². The molecule has 0 aliphatic rings. The Kier molecular flexibility index (Phi) is 4.82. The van der Waals surface area contributed by atoms with Crippen molar-refractivity contribution in [2.24, 2.45) is 0 Å². The molecule has 0 aliphatic carbocycles. The molecule has 102 valence electrons. The first kappa shape index (κ1) is 15.1. The van der Waals surface area contributed by atoms with Crippen LogP contribution in [0.5, 0.6) is 0 Å². The minimum atomic E-state index is -0.801. The van der Waals surface area contributed by atoms with Gasteiger partial charge in [-0.2, -0.15) is 0 Å². The minimum absolute atomic E-state index is 0.270. The molecule has 0 aromatic heterocycles. The second kappa shape index (κ2) is 5.76. The molecule has 2 nitrogen and oxygen atoms in total. The Morgan fingerprint density at radius 3 is 2.39 bits per heavy atom. The molecule has 4 heteroatoms. The van der Waals surface area contributed by atoms with Crippen LogP contribution in [-0.2, 0) is 0 Å². The zero-order chi connectivity index (χ0) is 13.9. The third-order valence-corrected chi connectivity index (χ3v) is 3.56. The van der Waals surface area contributed by atoms with E-state index in [1.165, 1.54) is 0 Å². The van der Waals surface area contributed by atoms with E-state index in [2.05, 4.69) is 5.32 Å². The van der Waals surface area contributed by atoms with Crippen LogP contribution < -0.4 is 5.32 Å². The molecule has 1 rings (SSSR count). The van der Waals surface area contributed by atoms with Crippen LogP contribution in [0.1, 0.15) is 32.4 Å². The molecule has 0 bridgehead atoms. The van der Waals surface area contributed by atoms with Crippen LogP contribution in [0.4, 0.5) is 8.78 Å². The maximum atomic E-state index is 13.9. The number of likely N-dealkylation sites (N-methyl/N-ethyl adjacent to an activating group) is 2. The van der Waals surface area contributed by atoms with E-state index in [-0.39, 0.29) is 11.6 Å². The van der Waals surface area contributed by atoms with E-state index in [4.69, 9.17) is 0 Å². The molecule has 0 heterocycles. The fraction of sp³-hybridized carbons (Fsp3) is 0.571. The van der Waals surface area contributed by atoms with Gasteiger partial charge >= 0.3 is 0 Å². The Balaban J connectivity index is 3.24. The second-order valence-corrected chi connectivity index (χ2v) is 5.18. The van der Waals surface area contributed by atoms with Crippen molar-refractivity contribution in [3.63, 3.8) is 0 Å². The van der Waals surface area contributed by atoms with E-state index in [9.17, 15) is 8.78 Å². The molecule has 0 amide bonds. The number of nitrogens with one attached hydrogen (secondary N) is 1. The number of rotatable bonds is 5. The molecular formula is C14H22F2N2. The summed E-state index contributed by atoms with van der Waals surface area (Å²) >= 11 is 0. The Morgan fingerprint density at radius 1 is 1.28 bits per heavy atom. The smallest absolute Gasteiger partial charge is 0.163 e. The van der Waals surface area contributed by atoms with Crippen molar-refractivity contribution in [1.29, 1.82) is 0 Å². The third kappa shape index (κ3) is 2.87. The van der Waals surface area contributed by atoms with E-state index in [1.54, 1.807) is 12.1 Å². The lowest BCUT2D eigenvalue weighted by Crippen LogP contribution is -2.49. The van der Waals surface area contributed by atoms with Gasteiger partial charge in [-0.05, 0) is 40.6 Å². The van der Waals surface area contributed by atoms with Gasteiger partial charge in [-0.15, -0.1) is 0 Å². The van der Waals surface area contributed by atoms with Crippen LogP contribution >= 0.6 is 0 Å². The molecule has 0 radical (unpaired) electrons. The number of nitrogens with zero attached hydrogens (tertiary/aromatic N) is 1. The van der Waals surface area contributed by atoms with Gasteiger partial charge < -0.3 is 10.2 Å². The summed E-state index contributed by atoms with van der Waals surface area (Å²) in [7, 11) is 3.86. The van der Waals surface area contributed by atoms with Crippen molar-refractivity contribution in [3.8, 4) is 0 Å². The van der Waals surface area contributed by atoms with Gasteiger partial charge in [0.25, 0.3) is 0 Å². The second-order valence-electron chi connectivity index (χ2n) is 5.18. The lowest BCUT2D eigenvalue weighted by atomic mass is 9.87. The highest BCUT2D eigenvalue weighted by Crippen LogP contribution is 2.31. The quantitative estimate of drug-likeness (QED) is 0.871. The Labute approximate surface area is 108 Å². The van der Waals surface area contributed by atoms with Crippen molar-refractivity contribution in [2.45, 2.75) is 32.4 Å². The highest BCUT2D eigenvalue weighted by molar-refractivity contribution is 5.25. The van der Waals surface area contributed by atoms with E-state index in [0.717, 1.165) is 6.07 Å². The largest absolute Gasteiger partial charge is 0.309 e. The van der Waals surface area contributed by atoms with E-state index >= 15 is 0 Å². The summed E-state index contributed by atoms with van der Waals surface area (Å²) in [5.41, 5.74) is 0.0422. The molecule has 0 saturated heterocycles. The number of hydrogen-bond acceptors (Lipinski definition) is 2. The molecular weight excluding hydrogens is 234 g/mol. The molecule has 1 aromatic rings. The van der Waals surface area contributed by atoms with Crippen LogP contribution in [-0.4, -0.2) is 31.1 Å². The molecule has 1 aromatic carbocycles. The lowest BCUT2D eigenvalue weighted by molar-refractivity contribution is 0.136. The molecule has 1 atom stereocenters. The Hall–Kier alpha value is -1.00. The fourth-order valence-electron chi connectivity index (χ4n) is 1.95. The summed E-state index contributed by atoms with van der Waals surface area (Å²) in [5, 5.41) is 3.24. The molecule has 18 heavy (non-hydrogen) atoms. The van der Waals surface area contributed by atoms with Crippen LogP contribution in [0, 0.1) is 11.6 Å². The summed E-state index contributed by atoms with van der Waals surface area (Å²) in [4.78, 5) is 2.00. The van der Waals surface area contributed by atoms with Crippen LogP contribution in [0.2, 0.25) is 0 Å². The van der Waals surface area contributed by atoms with Gasteiger partial charge in [0, 0.05) is 11.1 Å². The van der Waals surface area contributed by atoms with Crippen molar-refractivity contribution in [3.05, 3.63) is 35.4 Å². The third-order valence-electron chi connectivity index (χ3n) is 3.56. The standard InChI is InChI=1S/C14H22F2N2/c1-6-17-13(14(2,3)18(4)5)10-8-7-9-11(15)12(10)16/h7-9,13,17H,6H2,1-5H3. The van der Waals surface area contributed by atoms with Gasteiger partial charge in [-0.3, -0.25) is 0 Å². The maximum Gasteiger partial charge on any atom is 0.163 e. The lowest BCUT2D eigenvalue weighted by Gasteiger charge is -2.41. The highest BCUT2D eigenvalue weighted by atomic mass is 19.2. The van der Waals surface area contributed by atoms with Gasteiger partial charge in [0.1, 0.15) is 0 Å². The van der Waals surface area contributed by atoms with Gasteiger partial charge in [-0.25, -0.2) is 8.78 Å². The first-order valence-corrected chi connectivity index (χ1v) is 6.17. The van der Waals surface area contributed by atoms with Gasteiger partial charge in [-0.1, -0.05) is 19.1 Å². The van der Waals surface area contributed by atoms with Gasteiger partial charge in [0.05, 0.1) is 6.04 Å². The Morgan fingerprint density at radius 2 is 1.89 bits per heavy atom.